The molecule has 7 nitrogen and oxygen atoms in total. The SMILES string of the molecule is CC(C)(C)c1ccc(Cn2nccc2NC(=O)c2ccc3c(c2)OCC(=O)N3)cc1. The lowest BCUT2D eigenvalue weighted by atomic mass is 9.87. The average molecular weight is 404 g/mol. The Morgan fingerprint density at radius 1 is 1.17 bits per heavy atom. The number of rotatable bonds is 4. The van der Waals surface area contributed by atoms with Crippen LogP contribution in [0.1, 0.15) is 42.3 Å². The highest BCUT2D eigenvalue weighted by Crippen LogP contribution is 2.29. The van der Waals surface area contributed by atoms with E-state index in [1.807, 2.05) is 0 Å². The van der Waals surface area contributed by atoms with Crippen molar-refractivity contribution in [3.05, 3.63) is 71.4 Å². The first-order valence-electron chi connectivity index (χ1n) is 9.79. The van der Waals surface area contributed by atoms with E-state index in [-0.39, 0.29) is 23.8 Å². The number of carbonyl (C=O) groups excluding carboxylic acids is 2. The molecule has 1 aliphatic rings. The van der Waals surface area contributed by atoms with Crippen LogP contribution in [-0.2, 0) is 16.8 Å². The van der Waals surface area contributed by atoms with Gasteiger partial charge in [0.25, 0.3) is 11.8 Å². The maximum Gasteiger partial charge on any atom is 0.262 e. The Labute approximate surface area is 175 Å². The van der Waals surface area contributed by atoms with E-state index in [0.29, 0.717) is 29.4 Å². The van der Waals surface area contributed by atoms with E-state index < -0.39 is 0 Å². The fourth-order valence-corrected chi connectivity index (χ4v) is 3.25. The van der Waals surface area contributed by atoms with Gasteiger partial charge in [0.05, 0.1) is 18.4 Å². The molecule has 1 aliphatic heterocycles. The van der Waals surface area contributed by atoms with Crippen molar-refractivity contribution in [2.45, 2.75) is 32.7 Å². The number of hydrogen-bond donors (Lipinski definition) is 2. The third-order valence-electron chi connectivity index (χ3n) is 4.99. The fraction of sp³-hybridized carbons (Fsp3) is 0.261. The summed E-state index contributed by atoms with van der Waals surface area (Å²) in [6.07, 6.45) is 1.66. The van der Waals surface area contributed by atoms with Crippen molar-refractivity contribution in [2.75, 3.05) is 17.2 Å². The molecule has 2 N–H and O–H groups in total. The minimum atomic E-state index is -0.275. The number of ether oxygens (including phenoxy) is 1. The Morgan fingerprint density at radius 3 is 2.67 bits per heavy atom. The third-order valence-corrected chi connectivity index (χ3v) is 4.99. The largest absolute Gasteiger partial charge is 0.482 e. The second kappa shape index (κ2) is 7.67. The molecule has 154 valence electrons. The van der Waals surface area contributed by atoms with Crippen LogP contribution >= 0.6 is 0 Å². The van der Waals surface area contributed by atoms with Crippen LogP contribution in [0.15, 0.2) is 54.7 Å². The molecule has 0 spiro atoms. The lowest BCUT2D eigenvalue weighted by molar-refractivity contribution is -0.118. The minimum absolute atomic E-state index is 0.0567. The fourth-order valence-electron chi connectivity index (χ4n) is 3.25. The predicted octanol–water partition coefficient (Wildman–Crippen LogP) is 3.81. The van der Waals surface area contributed by atoms with Crippen LogP contribution in [0, 0.1) is 0 Å². The normalized spacial score (nSPS) is 13.2. The Hall–Kier alpha value is -3.61. The molecule has 0 aliphatic carbocycles. The summed E-state index contributed by atoms with van der Waals surface area (Å²) >= 11 is 0. The molecule has 2 heterocycles. The van der Waals surface area contributed by atoms with Gasteiger partial charge in [0.1, 0.15) is 11.6 Å². The number of hydrogen-bond acceptors (Lipinski definition) is 4. The number of benzene rings is 2. The van der Waals surface area contributed by atoms with Gasteiger partial charge in [0.2, 0.25) is 0 Å². The van der Waals surface area contributed by atoms with Crippen molar-refractivity contribution >= 4 is 23.3 Å². The zero-order valence-corrected chi connectivity index (χ0v) is 17.2. The van der Waals surface area contributed by atoms with Crippen LogP contribution < -0.4 is 15.4 Å². The average Bonchev–Trinajstić information content (AvgIpc) is 3.13. The van der Waals surface area contributed by atoms with Gasteiger partial charge >= 0.3 is 0 Å². The molecule has 1 aromatic heterocycles. The lowest BCUT2D eigenvalue weighted by Gasteiger charge is -2.19. The highest BCUT2D eigenvalue weighted by Gasteiger charge is 2.19. The first kappa shape index (κ1) is 19.7. The van der Waals surface area contributed by atoms with Crippen molar-refractivity contribution in [1.82, 2.24) is 9.78 Å². The van der Waals surface area contributed by atoms with Crippen LogP contribution in [0.3, 0.4) is 0 Å². The molecule has 3 aromatic rings. The van der Waals surface area contributed by atoms with Crippen molar-refractivity contribution in [3.8, 4) is 5.75 Å². The Bertz CT molecular complexity index is 1090. The number of anilines is 2. The molecule has 0 saturated heterocycles. The molecular weight excluding hydrogens is 380 g/mol. The number of nitrogens with zero attached hydrogens (tertiary/aromatic N) is 2. The third kappa shape index (κ3) is 4.20. The molecule has 0 atom stereocenters. The van der Waals surface area contributed by atoms with Crippen LogP contribution in [0.25, 0.3) is 0 Å². The summed E-state index contributed by atoms with van der Waals surface area (Å²) < 4.78 is 7.14. The summed E-state index contributed by atoms with van der Waals surface area (Å²) in [6, 6.07) is 15.1. The topological polar surface area (TPSA) is 85.2 Å². The second-order valence-electron chi connectivity index (χ2n) is 8.32. The summed E-state index contributed by atoms with van der Waals surface area (Å²) in [6.45, 7) is 7.04. The Morgan fingerprint density at radius 2 is 1.93 bits per heavy atom. The number of nitrogens with one attached hydrogen (secondary N) is 2. The lowest BCUT2D eigenvalue weighted by Crippen LogP contribution is -2.25. The first-order valence-corrected chi connectivity index (χ1v) is 9.79. The van der Waals surface area contributed by atoms with Gasteiger partial charge in [-0.1, -0.05) is 45.0 Å². The Balaban J connectivity index is 1.47. The molecule has 0 unspecified atom stereocenters. The molecular formula is C23H24N4O3. The molecule has 0 bridgehead atoms. The van der Waals surface area contributed by atoms with E-state index in [9.17, 15) is 9.59 Å². The molecule has 4 rings (SSSR count). The smallest absolute Gasteiger partial charge is 0.262 e. The van der Waals surface area contributed by atoms with Crippen molar-refractivity contribution < 1.29 is 14.3 Å². The molecule has 0 saturated carbocycles. The maximum absolute atomic E-state index is 12.7. The zero-order valence-electron chi connectivity index (χ0n) is 17.2. The highest BCUT2D eigenvalue weighted by atomic mass is 16.5. The van der Waals surface area contributed by atoms with Gasteiger partial charge < -0.3 is 15.4 Å². The van der Waals surface area contributed by atoms with Gasteiger partial charge in [-0.25, -0.2) is 4.68 Å². The van der Waals surface area contributed by atoms with E-state index >= 15 is 0 Å². The van der Waals surface area contributed by atoms with Crippen molar-refractivity contribution in [3.63, 3.8) is 0 Å². The van der Waals surface area contributed by atoms with E-state index in [1.165, 1.54) is 5.56 Å². The van der Waals surface area contributed by atoms with Crippen LogP contribution in [0.4, 0.5) is 11.5 Å². The second-order valence-corrected chi connectivity index (χ2v) is 8.32. The van der Waals surface area contributed by atoms with Crippen LogP contribution in [0.5, 0.6) is 5.75 Å². The minimum Gasteiger partial charge on any atom is -0.482 e. The van der Waals surface area contributed by atoms with E-state index in [1.54, 1.807) is 35.1 Å². The van der Waals surface area contributed by atoms with Crippen LogP contribution in [0.2, 0.25) is 0 Å². The van der Waals surface area contributed by atoms with Gasteiger partial charge in [-0.05, 0) is 34.7 Å². The molecule has 30 heavy (non-hydrogen) atoms. The quantitative estimate of drug-likeness (QED) is 0.692. The van der Waals surface area contributed by atoms with Gasteiger partial charge in [-0.15, -0.1) is 0 Å². The molecule has 7 heteroatoms. The van der Waals surface area contributed by atoms with Crippen LogP contribution in [-0.4, -0.2) is 28.2 Å². The zero-order chi connectivity index (χ0) is 21.3. The molecule has 0 fully saturated rings. The monoisotopic (exact) mass is 404 g/mol. The van der Waals surface area contributed by atoms with Crippen molar-refractivity contribution in [2.24, 2.45) is 0 Å². The molecule has 0 radical (unpaired) electrons. The summed E-state index contributed by atoms with van der Waals surface area (Å²) in [7, 11) is 0. The predicted molar refractivity (Wildman–Crippen MR) is 115 cm³/mol. The summed E-state index contributed by atoms with van der Waals surface area (Å²) in [5.41, 5.74) is 3.47. The van der Waals surface area contributed by atoms with E-state index in [4.69, 9.17) is 4.74 Å². The summed E-state index contributed by atoms with van der Waals surface area (Å²) in [5.74, 6) is 0.601. The van der Waals surface area contributed by atoms with E-state index in [2.05, 4.69) is 60.8 Å². The summed E-state index contributed by atoms with van der Waals surface area (Å²) in [5, 5.41) is 9.95. The highest BCUT2D eigenvalue weighted by molar-refractivity contribution is 6.05. The van der Waals surface area contributed by atoms with Gasteiger partial charge in [-0.3, -0.25) is 9.59 Å². The van der Waals surface area contributed by atoms with Crippen molar-refractivity contribution in [1.29, 1.82) is 0 Å². The number of aromatic nitrogens is 2. The van der Waals surface area contributed by atoms with Gasteiger partial charge in [0, 0.05) is 11.6 Å². The maximum atomic E-state index is 12.7. The van der Waals surface area contributed by atoms with Gasteiger partial charge in [0.15, 0.2) is 6.61 Å². The Kier molecular flexibility index (Phi) is 5.03. The number of carbonyl (C=O) groups is 2. The van der Waals surface area contributed by atoms with Gasteiger partial charge in [-0.2, -0.15) is 5.10 Å². The molecule has 2 aromatic carbocycles. The molecule has 2 amide bonds. The first-order chi connectivity index (χ1) is 14.3. The number of fused-ring (bicyclic) bond motifs is 1. The summed E-state index contributed by atoms with van der Waals surface area (Å²) in [4.78, 5) is 24.1. The van der Waals surface area contributed by atoms with E-state index in [0.717, 1.165) is 5.56 Å². The number of amides is 2. The standard InChI is InChI=1S/C23H24N4O3/c1-23(2,3)17-7-4-15(5-8-17)13-27-20(10-11-24-27)26-22(29)16-6-9-18-19(12-16)30-14-21(28)25-18/h4-12H,13-14H2,1-3H3,(H,25,28)(H,26,29).